The molecular weight excluding hydrogens is 408 g/mol. The maximum atomic E-state index is 13.0. The molecule has 0 N–H and O–H groups in total. The molecule has 5 rings (SSSR count). The van der Waals surface area contributed by atoms with Crippen LogP contribution in [0.3, 0.4) is 0 Å². The first-order chi connectivity index (χ1) is 16.1. The molecule has 0 bridgehead atoms. The van der Waals surface area contributed by atoms with Crippen LogP contribution in [0, 0.1) is 13.8 Å². The second-order valence-corrected chi connectivity index (χ2v) is 8.78. The Bertz CT molecular complexity index is 1290. The summed E-state index contributed by atoms with van der Waals surface area (Å²) in [4.78, 5) is 17.2. The Labute approximate surface area is 194 Å². The van der Waals surface area contributed by atoms with Gasteiger partial charge in [0.25, 0.3) is 0 Å². The molecule has 2 heterocycles. The normalized spacial score (nSPS) is 14.0. The Morgan fingerprint density at radius 3 is 2.39 bits per heavy atom. The van der Waals surface area contributed by atoms with Gasteiger partial charge in [0.1, 0.15) is 0 Å². The number of nitrogens with zero attached hydrogens (tertiary/aromatic N) is 4. The smallest absolute Gasteiger partial charge is 0.227 e. The van der Waals surface area contributed by atoms with Gasteiger partial charge in [-0.05, 0) is 47.9 Å². The lowest BCUT2D eigenvalue weighted by Crippen LogP contribution is -2.49. The fourth-order valence-electron chi connectivity index (χ4n) is 4.64. The zero-order valence-corrected chi connectivity index (χ0v) is 19.2. The first kappa shape index (κ1) is 21.1. The molecule has 5 heteroatoms. The number of fused-ring (bicyclic) bond motifs is 1. The largest absolute Gasteiger partial charge is 0.352 e. The van der Waals surface area contributed by atoms with Gasteiger partial charge in [0.2, 0.25) is 5.91 Å². The van der Waals surface area contributed by atoms with Crippen LogP contribution < -0.4 is 4.90 Å². The number of benzene rings is 3. The molecule has 3 aromatic carbocycles. The number of aryl methyl sites for hydroxylation is 2. The predicted molar refractivity (Wildman–Crippen MR) is 133 cm³/mol. The van der Waals surface area contributed by atoms with Gasteiger partial charge in [-0.1, -0.05) is 66.2 Å². The van der Waals surface area contributed by atoms with Crippen molar-refractivity contribution in [3.63, 3.8) is 0 Å². The second kappa shape index (κ2) is 9.02. The Morgan fingerprint density at radius 1 is 0.848 bits per heavy atom. The van der Waals surface area contributed by atoms with Gasteiger partial charge in [0, 0.05) is 31.7 Å². The van der Waals surface area contributed by atoms with E-state index in [4.69, 9.17) is 0 Å². The molecule has 0 saturated carbocycles. The van der Waals surface area contributed by atoms with Crippen molar-refractivity contribution in [2.24, 2.45) is 0 Å². The van der Waals surface area contributed by atoms with Gasteiger partial charge in [-0.3, -0.25) is 4.79 Å². The number of piperazine rings is 1. The van der Waals surface area contributed by atoms with E-state index < -0.39 is 0 Å². The summed E-state index contributed by atoms with van der Waals surface area (Å²) in [6, 6.07) is 24.9. The summed E-state index contributed by atoms with van der Waals surface area (Å²) < 4.78 is 0. The molecule has 5 nitrogen and oxygen atoms in total. The lowest BCUT2D eigenvalue weighted by molar-refractivity contribution is -0.130. The third kappa shape index (κ3) is 4.44. The van der Waals surface area contributed by atoms with Gasteiger partial charge >= 0.3 is 0 Å². The highest BCUT2D eigenvalue weighted by atomic mass is 16.2. The maximum absolute atomic E-state index is 13.0. The van der Waals surface area contributed by atoms with E-state index in [1.807, 2.05) is 35.2 Å². The fourth-order valence-corrected chi connectivity index (χ4v) is 4.64. The van der Waals surface area contributed by atoms with Gasteiger partial charge in [0.15, 0.2) is 5.82 Å². The summed E-state index contributed by atoms with van der Waals surface area (Å²) in [5.74, 6) is 1.05. The SMILES string of the molecule is Cc1ccc(-c2ccc(N3CCN(C(=O)Cc4cccc5ccccc45)CC3)nn2)c(C)c1. The van der Waals surface area contributed by atoms with Crippen LogP contribution in [-0.2, 0) is 11.2 Å². The molecule has 1 fully saturated rings. The molecular formula is C28H28N4O. The third-order valence-electron chi connectivity index (χ3n) is 6.49. The van der Waals surface area contributed by atoms with Crippen molar-refractivity contribution in [2.75, 3.05) is 31.1 Å². The summed E-state index contributed by atoms with van der Waals surface area (Å²) in [6.07, 6.45) is 0.436. The van der Waals surface area contributed by atoms with E-state index in [2.05, 4.69) is 71.4 Å². The van der Waals surface area contributed by atoms with Crippen molar-refractivity contribution >= 4 is 22.5 Å². The molecule has 0 atom stereocenters. The molecule has 166 valence electrons. The third-order valence-corrected chi connectivity index (χ3v) is 6.49. The van der Waals surface area contributed by atoms with E-state index in [0.717, 1.165) is 41.1 Å². The zero-order chi connectivity index (χ0) is 22.8. The van der Waals surface area contributed by atoms with E-state index in [1.54, 1.807) is 0 Å². The summed E-state index contributed by atoms with van der Waals surface area (Å²) in [6.45, 7) is 7.12. The average Bonchev–Trinajstić information content (AvgIpc) is 2.85. The predicted octanol–water partition coefficient (Wildman–Crippen LogP) is 4.80. The van der Waals surface area contributed by atoms with Crippen LogP contribution >= 0.6 is 0 Å². The lowest BCUT2D eigenvalue weighted by atomic mass is 10.0. The van der Waals surface area contributed by atoms with Crippen LogP contribution in [0.2, 0.25) is 0 Å². The maximum Gasteiger partial charge on any atom is 0.227 e. The first-order valence-corrected chi connectivity index (χ1v) is 11.5. The van der Waals surface area contributed by atoms with E-state index in [1.165, 1.54) is 16.5 Å². The van der Waals surface area contributed by atoms with Crippen molar-refractivity contribution in [3.8, 4) is 11.3 Å². The van der Waals surface area contributed by atoms with Gasteiger partial charge in [-0.2, -0.15) is 0 Å². The summed E-state index contributed by atoms with van der Waals surface area (Å²) in [5, 5.41) is 11.3. The number of carbonyl (C=O) groups excluding carboxylic acids is 1. The van der Waals surface area contributed by atoms with Crippen LogP contribution in [0.1, 0.15) is 16.7 Å². The Morgan fingerprint density at radius 2 is 1.64 bits per heavy atom. The summed E-state index contributed by atoms with van der Waals surface area (Å²) in [7, 11) is 0. The van der Waals surface area contributed by atoms with Gasteiger partial charge < -0.3 is 9.80 Å². The fraction of sp³-hybridized carbons (Fsp3) is 0.250. The molecule has 1 amide bonds. The Kier molecular flexibility index (Phi) is 5.78. The Balaban J connectivity index is 1.22. The summed E-state index contributed by atoms with van der Waals surface area (Å²) >= 11 is 0. The van der Waals surface area contributed by atoms with Crippen LogP contribution in [0.5, 0.6) is 0 Å². The van der Waals surface area contributed by atoms with Crippen LogP contribution in [0.15, 0.2) is 72.8 Å². The van der Waals surface area contributed by atoms with Crippen LogP contribution in [0.25, 0.3) is 22.0 Å². The Hall–Kier alpha value is -3.73. The van der Waals surface area contributed by atoms with E-state index in [9.17, 15) is 4.79 Å². The van der Waals surface area contributed by atoms with Crippen LogP contribution in [0.4, 0.5) is 5.82 Å². The van der Waals surface area contributed by atoms with Gasteiger partial charge in [-0.25, -0.2) is 0 Å². The number of anilines is 1. The number of amides is 1. The molecule has 1 aliphatic rings. The number of hydrogen-bond acceptors (Lipinski definition) is 4. The van der Waals surface area contributed by atoms with Crippen molar-refractivity contribution in [1.29, 1.82) is 0 Å². The van der Waals surface area contributed by atoms with Gasteiger partial charge in [-0.15, -0.1) is 10.2 Å². The molecule has 0 unspecified atom stereocenters. The quantitative estimate of drug-likeness (QED) is 0.461. The minimum atomic E-state index is 0.183. The van der Waals surface area contributed by atoms with Crippen LogP contribution in [-0.4, -0.2) is 47.2 Å². The standard InChI is InChI=1S/C28H28N4O/c1-20-10-11-24(21(2)18-20)26-12-13-27(30-29-26)31-14-16-32(17-15-31)28(33)19-23-8-5-7-22-6-3-4-9-25(22)23/h3-13,18H,14-17,19H2,1-2H3. The number of hydrogen-bond donors (Lipinski definition) is 0. The number of aromatic nitrogens is 2. The lowest BCUT2D eigenvalue weighted by Gasteiger charge is -2.35. The highest BCUT2D eigenvalue weighted by Crippen LogP contribution is 2.24. The van der Waals surface area contributed by atoms with E-state index in [-0.39, 0.29) is 5.91 Å². The van der Waals surface area contributed by atoms with E-state index >= 15 is 0 Å². The van der Waals surface area contributed by atoms with E-state index in [0.29, 0.717) is 19.5 Å². The molecule has 0 spiro atoms. The minimum absolute atomic E-state index is 0.183. The molecule has 4 aromatic rings. The van der Waals surface area contributed by atoms with Crippen molar-refractivity contribution in [2.45, 2.75) is 20.3 Å². The molecule has 1 saturated heterocycles. The van der Waals surface area contributed by atoms with Crippen molar-refractivity contribution in [1.82, 2.24) is 15.1 Å². The molecule has 0 aliphatic carbocycles. The number of rotatable bonds is 4. The van der Waals surface area contributed by atoms with Gasteiger partial charge in [0.05, 0.1) is 12.1 Å². The van der Waals surface area contributed by atoms with Crippen molar-refractivity contribution < 1.29 is 4.79 Å². The number of carbonyl (C=O) groups is 1. The van der Waals surface area contributed by atoms with Crippen molar-refractivity contribution in [3.05, 3.63) is 89.5 Å². The highest BCUT2D eigenvalue weighted by molar-refractivity contribution is 5.90. The first-order valence-electron chi connectivity index (χ1n) is 11.5. The zero-order valence-electron chi connectivity index (χ0n) is 19.2. The molecule has 1 aliphatic heterocycles. The molecule has 1 aromatic heterocycles. The average molecular weight is 437 g/mol. The monoisotopic (exact) mass is 436 g/mol. The second-order valence-electron chi connectivity index (χ2n) is 8.78. The molecule has 0 radical (unpaired) electrons. The molecule has 33 heavy (non-hydrogen) atoms. The minimum Gasteiger partial charge on any atom is -0.352 e. The highest BCUT2D eigenvalue weighted by Gasteiger charge is 2.22. The summed E-state index contributed by atoms with van der Waals surface area (Å²) in [5.41, 5.74) is 5.54. The topological polar surface area (TPSA) is 49.3 Å².